The van der Waals surface area contributed by atoms with Gasteiger partial charge in [-0.3, -0.25) is 4.57 Å². The summed E-state index contributed by atoms with van der Waals surface area (Å²) < 4.78 is 7.42. The van der Waals surface area contributed by atoms with Crippen LogP contribution in [0.15, 0.2) is 37.2 Å². The molecule has 0 bridgehead atoms. The van der Waals surface area contributed by atoms with Gasteiger partial charge in [0.1, 0.15) is 24.4 Å². The summed E-state index contributed by atoms with van der Waals surface area (Å²) >= 11 is 0. The molecule has 0 saturated carbocycles. The minimum Gasteiger partial charge on any atom is -0.361 e. The lowest BCUT2D eigenvalue weighted by Crippen LogP contribution is -2.03. The Balaban J connectivity index is 1.82. The first-order chi connectivity index (χ1) is 10.4. The van der Waals surface area contributed by atoms with Crippen molar-refractivity contribution in [2.45, 2.75) is 20.1 Å². The minimum absolute atomic E-state index is 0.454. The van der Waals surface area contributed by atoms with Crippen LogP contribution in [0.1, 0.15) is 13.3 Å². The number of aromatic nitrogens is 5. The van der Waals surface area contributed by atoms with Gasteiger partial charge in [-0.2, -0.15) is 0 Å². The number of hydrogen-bond acceptors (Lipinski definition) is 6. The summed E-state index contributed by atoms with van der Waals surface area (Å²) in [5.41, 5.74) is 2.41. The van der Waals surface area contributed by atoms with Gasteiger partial charge in [0.15, 0.2) is 5.65 Å². The van der Waals surface area contributed by atoms with Crippen molar-refractivity contribution < 1.29 is 4.74 Å². The maximum Gasteiger partial charge on any atom is 0.164 e. The SMILES string of the molecule is CCCOCn1cnc2ccc(Nc3cncnc3)nc21. The van der Waals surface area contributed by atoms with Crippen LogP contribution in [0.4, 0.5) is 11.5 Å². The van der Waals surface area contributed by atoms with Crippen molar-refractivity contribution in [2.75, 3.05) is 11.9 Å². The van der Waals surface area contributed by atoms with Crippen molar-refractivity contribution in [3.63, 3.8) is 0 Å². The molecule has 3 heterocycles. The summed E-state index contributed by atoms with van der Waals surface area (Å²) in [7, 11) is 0. The second kappa shape index (κ2) is 6.27. The van der Waals surface area contributed by atoms with Crippen LogP contribution in [0.2, 0.25) is 0 Å². The monoisotopic (exact) mass is 284 g/mol. The quantitative estimate of drug-likeness (QED) is 0.700. The third-order valence-corrected chi connectivity index (χ3v) is 2.87. The molecule has 0 fully saturated rings. The van der Waals surface area contributed by atoms with Gasteiger partial charge in [-0.15, -0.1) is 0 Å². The summed E-state index contributed by atoms with van der Waals surface area (Å²) in [5.74, 6) is 0.717. The second-order valence-corrected chi connectivity index (χ2v) is 4.54. The summed E-state index contributed by atoms with van der Waals surface area (Å²) in [6.07, 6.45) is 7.60. The first-order valence-electron chi connectivity index (χ1n) is 6.78. The van der Waals surface area contributed by atoms with E-state index in [1.807, 2.05) is 16.7 Å². The Morgan fingerprint density at radius 3 is 2.90 bits per heavy atom. The van der Waals surface area contributed by atoms with Crippen molar-refractivity contribution in [3.8, 4) is 0 Å². The Bertz CT molecular complexity index is 712. The van der Waals surface area contributed by atoms with E-state index in [2.05, 4.69) is 32.2 Å². The molecule has 7 heteroatoms. The molecule has 1 N–H and O–H groups in total. The molecule has 7 nitrogen and oxygen atoms in total. The first kappa shape index (κ1) is 13.4. The molecule has 21 heavy (non-hydrogen) atoms. The lowest BCUT2D eigenvalue weighted by molar-refractivity contribution is 0.0797. The summed E-state index contributed by atoms with van der Waals surface area (Å²) in [4.78, 5) is 16.8. The van der Waals surface area contributed by atoms with Crippen LogP contribution in [0.3, 0.4) is 0 Å². The molecule has 0 aliphatic heterocycles. The number of imidazole rings is 1. The Kier molecular flexibility index (Phi) is 4.02. The highest BCUT2D eigenvalue weighted by molar-refractivity contribution is 5.74. The van der Waals surface area contributed by atoms with Gasteiger partial charge in [0.05, 0.1) is 24.4 Å². The maximum atomic E-state index is 5.54. The lowest BCUT2D eigenvalue weighted by Gasteiger charge is -2.07. The highest BCUT2D eigenvalue weighted by Gasteiger charge is 2.06. The Labute approximate surface area is 122 Å². The van der Waals surface area contributed by atoms with E-state index in [9.17, 15) is 0 Å². The average molecular weight is 284 g/mol. The van der Waals surface area contributed by atoms with Crippen molar-refractivity contribution in [3.05, 3.63) is 37.2 Å². The molecule has 0 spiro atoms. The third kappa shape index (κ3) is 3.14. The zero-order chi connectivity index (χ0) is 14.5. The number of fused-ring (bicyclic) bond motifs is 1. The van der Waals surface area contributed by atoms with Crippen LogP contribution < -0.4 is 5.32 Å². The molecule has 0 unspecified atom stereocenters. The summed E-state index contributed by atoms with van der Waals surface area (Å²) in [5, 5.41) is 3.16. The first-order valence-corrected chi connectivity index (χ1v) is 6.78. The van der Waals surface area contributed by atoms with Crippen molar-refractivity contribution >= 4 is 22.7 Å². The molecule has 108 valence electrons. The largest absolute Gasteiger partial charge is 0.361 e. The molecule has 0 saturated heterocycles. The Morgan fingerprint density at radius 1 is 1.24 bits per heavy atom. The number of hydrogen-bond donors (Lipinski definition) is 1. The zero-order valence-corrected chi connectivity index (χ0v) is 11.7. The molecule has 0 aliphatic carbocycles. The van der Waals surface area contributed by atoms with Gasteiger partial charge >= 0.3 is 0 Å². The van der Waals surface area contributed by atoms with Gasteiger partial charge < -0.3 is 10.1 Å². The number of nitrogens with zero attached hydrogens (tertiary/aromatic N) is 5. The molecular formula is C14H16N6O. The summed E-state index contributed by atoms with van der Waals surface area (Å²) in [6.45, 7) is 3.25. The molecular weight excluding hydrogens is 268 g/mol. The van der Waals surface area contributed by atoms with Crippen molar-refractivity contribution in [1.29, 1.82) is 0 Å². The molecule has 0 aromatic carbocycles. The van der Waals surface area contributed by atoms with Crippen LogP contribution in [0, 0.1) is 0 Å². The van der Waals surface area contributed by atoms with Gasteiger partial charge in [0, 0.05) is 6.61 Å². The minimum atomic E-state index is 0.454. The molecule has 3 aromatic heterocycles. The summed E-state index contributed by atoms with van der Waals surface area (Å²) in [6, 6.07) is 3.80. The number of nitrogens with one attached hydrogen (secondary N) is 1. The van der Waals surface area contributed by atoms with Gasteiger partial charge in [0.25, 0.3) is 0 Å². The van der Waals surface area contributed by atoms with Crippen LogP contribution in [-0.4, -0.2) is 31.1 Å². The van der Waals surface area contributed by atoms with Gasteiger partial charge in [-0.05, 0) is 18.6 Å². The Hall–Kier alpha value is -2.54. The van der Waals surface area contributed by atoms with Crippen LogP contribution in [0.25, 0.3) is 11.2 Å². The van der Waals surface area contributed by atoms with E-state index in [0.29, 0.717) is 6.73 Å². The third-order valence-electron chi connectivity index (χ3n) is 2.87. The number of anilines is 2. The molecule has 0 radical (unpaired) electrons. The van der Waals surface area contributed by atoms with Crippen molar-refractivity contribution in [2.24, 2.45) is 0 Å². The van der Waals surface area contributed by atoms with E-state index in [0.717, 1.165) is 35.7 Å². The molecule has 3 rings (SSSR count). The number of pyridine rings is 1. The highest BCUT2D eigenvalue weighted by Crippen LogP contribution is 2.17. The molecule has 0 amide bonds. The second-order valence-electron chi connectivity index (χ2n) is 4.54. The van der Waals surface area contributed by atoms with Crippen LogP contribution in [-0.2, 0) is 11.5 Å². The predicted molar refractivity (Wildman–Crippen MR) is 79.1 cm³/mol. The van der Waals surface area contributed by atoms with Gasteiger partial charge in [-0.25, -0.2) is 19.9 Å². The zero-order valence-electron chi connectivity index (χ0n) is 11.7. The highest BCUT2D eigenvalue weighted by atomic mass is 16.5. The van der Waals surface area contributed by atoms with E-state index in [1.54, 1.807) is 18.7 Å². The fraction of sp³-hybridized carbons (Fsp3) is 0.286. The molecule has 3 aromatic rings. The van der Waals surface area contributed by atoms with E-state index < -0.39 is 0 Å². The van der Waals surface area contributed by atoms with E-state index in [1.165, 1.54) is 6.33 Å². The number of rotatable bonds is 6. The van der Waals surface area contributed by atoms with Crippen LogP contribution >= 0.6 is 0 Å². The average Bonchev–Trinajstić information content (AvgIpc) is 2.91. The molecule has 0 aliphatic rings. The van der Waals surface area contributed by atoms with Crippen LogP contribution in [0.5, 0.6) is 0 Å². The maximum absolute atomic E-state index is 5.54. The lowest BCUT2D eigenvalue weighted by atomic mass is 10.4. The molecule has 0 atom stereocenters. The standard InChI is InChI=1S/C14H16N6O/c1-2-5-21-10-20-9-17-12-3-4-13(19-14(12)20)18-11-6-15-8-16-7-11/h3-4,6-9H,2,5,10H2,1H3,(H,18,19). The fourth-order valence-corrected chi connectivity index (χ4v) is 1.92. The van der Waals surface area contributed by atoms with Crippen molar-refractivity contribution in [1.82, 2.24) is 24.5 Å². The predicted octanol–water partition coefficient (Wildman–Crippen LogP) is 2.35. The topological polar surface area (TPSA) is 77.8 Å². The Morgan fingerprint density at radius 2 is 2.10 bits per heavy atom. The smallest absolute Gasteiger partial charge is 0.164 e. The normalized spacial score (nSPS) is 10.9. The van der Waals surface area contributed by atoms with E-state index in [4.69, 9.17) is 4.74 Å². The number of ether oxygens (including phenoxy) is 1. The fourth-order valence-electron chi connectivity index (χ4n) is 1.92. The van der Waals surface area contributed by atoms with E-state index in [-0.39, 0.29) is 0 Å². The van der Waals surface area contributed by atoms with E-state index >= 15 is 0 Å². The van der Waals surface area contributed by atoms with Gasteiger partial charge in [0.2, 0.25) is 0 Å². The van der Waals surface area contributed by atoms with Gasteiger partial charge in [-0.1, -0.05) is 6.92 Å².